The monoisotopic (exact) mass is 182 g/mol. The molecule has 0 unspecified atom stereocenters. The van der Waals surface area contributed by atoms with Crippen molar-refractivity contribution in [3.05, 3.63) is 12.8 Å². The average molecular weight is 182 g/mol. The Bertz CT molecular complexity index is 194. The second-order valence-electron chi connectivity index (χ2n) is 3.45. The van der Waals surface area contributed by atoms with E-state index < -0.39 is 0 Å². The quantitative estimate of drug-likeness (QED) is 0.480. The maximum Gasteiger partial charge on any atom is 0.188 e. The molecule has 0 saturated carbocycles. The molecule has 1 rings (SSSR count). The summed E-state index contributed by atoms with van der Waals surface area (Å²) in [5.41, 5.74) is 5.41. The van der Waals surface area contributed by atoms with Gasteiger partial charge in [-0.05, 0) is 19.0 Å². The average Bonchev–Trinajstić information content (AvgIpc) is 2.17. The van der Waals surface area contributed by atoms with Crippen LogP contribution in [0.5, 0.6) is 0 Å². The lowest BCUT2D eigenvalue weighted by Crippen LogP contribution is -2.46. The van der Waals surface area contributed by atoms with E-state index in [2.05, 4.69) is 11.5 Å². The van der Waals surface area contributed by atoms with Gasteiger partial charge in [-0.15, -0.1) is 0 Å². The maximum atomic E-state index is 7.30. The van der Waals surface area contributed by atoms with Crippen molar-refractivity contribution in [1.29, 1.82) is 5.41 Å². The van der Waals surface area contributed by atoms with Gasteiger partial charge in [0.1, 0.15) is 0 Å². The molecule has 1 saturated heterocycles. The van der Waals surface area contributed by atoms with Gasteiger partial charge in [0, 0.05) is 26.2 Å². The van der Waals surface area contributed by atoms with Crippen LogP contribution < -0.4 is 5.73 Å². The summed E-state index contributed by atoms with van der Waals surface area (Å²) >= 11 is 0. The molecular weight excluding hydrogens is 164 g/mol. The van der Waals surface area contributed by atoms with Crippen LogP contribution in [0.4, 0.5) is 0 Å². The van der Waals surface area contributed by atoms with E-state index in [0.717, 1.165) is 25.9 Å². The number of rotatable bonds is 2. The van der Waals surface area contributed by atoms with Crippen molar-refractivity contribution in [1.82, 2.24) is 9.80 Å². The van der Waals surface area contributed by atoms with Crippen LogP contribution in [-0.2, 0) is 0 Å². The number of nitrogens with two attached hydrogens (primary N) is 1. The zero-order valence-electron chi connectivity index (χ0n) is 8.16. The number of hydrogen-bond acceptors (Lipinski definition) is 2. The molecule has 0 aromatic heterocycles. The molecule has 1 aliphatic rings. The van der Waals surface area contributed by atoms with Crippen LogP contribution in [0.2, 0.25) is 0 Å². The fourth-order valence-corrected chi connectivity index (χ4v) is 1.65. The van der Waals surface area contributed by atoms with Crippen molar-refractivity contribution in [2.45, 2.75) is 18.9 Å². The lowest BCUT2D eigenvalue weighted by atomic mass is 10.0. The van der Waals surface area contributed by atoms with Crippen LogP contribution in [-0.4, -0.2) is 41.9 Å². The van der Waals surface area contributed by atoms with Crippen LogP contribution in [0, 0.1) is 5.41 Å². The molecule has 3 N–H and O–H groups in total. The SMILES string of the molecule is C=CN1CCC(N(C)C(=N)N)CC1. The molecule has 0 atom stereocenters. The predicted octanol–water partition coefficient (Wildman–Crippen LogP) is 0.420. The zero-order valence-corrected chi connectivity index (χ0v) is 8.16. The van der Waals surface area contributed by atoms with E-state index in [1.807, 2.05) is 18.1 Å². The smallest absolute Gasteiger partial charge is 0.188 e. The summed E-state index contributed by atoms with van der Waals surface area (Å²) in [4.78, 5) is 4.05. The van der Waals surface area contributed by atoms with Crippen molar-refractivity contribution in [2.75, 3.05) is 20.1 Å². The summed E-state index contributed by atoms with van der Waals surface area (Å²) in [7, 11) is 1.89. The van der Waals surface area contributed by atoms with E-state index >= 15 is 0 Å². The van der Waals surface area contributed by atoms with Gasteiger partial charge < -0.3 is 15.5 Å². The first-order valence-corrected chi connectivity index (χ1v) is 4.58. The molecule has 0 bridgehead atoms. The van der Waals surface area contributed by atoms with Gasteiger partial charge in [0.25, 0.3) is 0 Å². The molecule has 1 heterocycles. The van der Waals surface area contributed by atoms with E-state index in [9.17, 15) is 0 Å². The van der Waals surface area contributed by atoms with Crippen molar-refractivity contribution in [2.24, 2.45) is 5.73 Å². The highest BCUT2D eigenvalue weighted by Gasteiger charge is 2.21. The summed E-state index contributed by atoms with van der Waals surface area (Å²) in [6, 6.07) is 0.425. The molecule has 0 aromatic rings. The van der Waals surface area contributed by atoms with Crippen LogP contribution in [0.15, 0.2) is 12.8 Å². The number of nitrogens with zero attached hydrogens (tertiary/aromatic N) is 2. The molecule has 0 aliphatic carbocycles. The first-order valence-electron chi connectivity index (χ1n) is 4.58. The van der Waals surface area contributed by atoms with Gasteiger partial charge in [-0.2, -0.15) is 0 Å². The van der Waals surface area contributed by atoms with Gasteiger partial charge >= 0.3 is 0 Å². The molecule has 0 radical (unpaired) electrons. The predicted molar refractivity (Wildman–Crippen MR) is 54.5 cm³/mol. The van der Waals surface area contributed by atoms with Crippen LogP contribution in [0.3, 0.4) is 0 Å². The molecule has 13 heavy (non-hydrogen) atoms. The standard InChI is InChI=1S/C9H18N4/c1-3-13-6-4-8(5-7-13)12(2)9(10)11/h3,8H,1,4-7H2,2H3,(H3,10,11). The normalized spacial score (nSPS) is 18.4. The first-order chi connectivity index (χ1) is 6.15. The van der Waals surface area contributed by atoms with Crippen molar-refractivity contribution < 1.29 is 0 Å². The highest BCUT2D eigenvalue weighted by atomic mass is 15.2. The summed E-state index contributed by atoms with van der Waals surface area (Å²) < 4.78 is 0. The molecule has 4 nitrogen and oxygen atoms in total. The van der Waals surface area contributed by atoms with E-state index in [0.29, 0.717) is 6.04 Å². The summed E-state index contributed by atoms with van der Waals surface area (Å²) in [6.45, 7) is 5.77. The molecule has 4 heteroatoms. The minimum absolute atomic E-state index is 0.164. The third-order valence-corrected chi connectivity index (χ3v) is 2.68. The van der Waals surface area contributed by atoms with Gasteiger partial charge in [0.15, 0.2) is 5.96 Å². The minimum atomic E-state index is 0.164. The Kier molecular flexibility index (Phi) is 3.17. The van der Waals surface area contributed by atoms with Gasteiger partial charge in [-0.25, -0.2) is 0 Å². The number of likely N-dealkylation sites (tertiary alicyclic amines) is 1. The third-order valence-electron chi connectivity index (χ3n) is 2.68. The molecular formula is C9H18N4. The highest BCUT2D eigenvalue weighted by Crippen LogP contribution is 2.14. The second-order valence-corrected chi connectivity index (χ2v) is 3.45. The van der Waals surface area contributed by atoms with Gasteiger partial charge in [-0.3, -0.25) is 5.41 Å². The minimum Gasteiger partial charge on any atom is -0.378 e. The Balaban J connectivity index is 2.40. The van der Waals surface area contributed by atoms with E-state index in [4.69, 9.17) is 11.1 Å². The molecule has 1 aliphatic heterocycles. The summed E-state index contributed by atoms with van der Waals surface area (Å²) in [5, 5.41) is 7.30. The van der Waals surface area contributed by atoms with E-state index in [-0.39, 0.29) is 5.96 Å². The van der Waals surface area contributed by atoms with Crippen molar-refractivity contribution in [3.8, 4) is 0 Å². The Morgan fingerprint density at radius 1 is 1.62 bits per heavy atom. The zero-order chi connectivity index (χ0) is 9.84. The van der Waals surface area contributed by atoms with Crippen LogP contribution in [0.25, 0.3) is 0 Å². The van der Waals surface area contributed by atoms with Crippen molar-refractivity contribution in [3.63, 3.8) is 0 Å². The summed E-state index contributed by atoms with van der Waals surface area (Å²) in [5.74, 6) is 0.164. The number of nitrogens with one attached hydrogen (secondary N) is 1. The number of hydrogen-bond donors (Lipinski definition) is 2. The fraction of sp³-hybridized carbons (Fsp3) is 0.667. The molecule has 0 spiro atoms. The fourth-order valence-electron chi connectivity index (χ4n) is 1.65. The number of guanidine groups is 1. The van der Waals surface area contributed by atoms with Gasteiger partial charge in [-0.1, -0.05) is 6.58 Å². The largest absolute Gasteiger partial charge is 0.378 e. The van der Waals surface area contributed by atoms with Crippen LogP contribution >= 0.6 is 0 Å². The maximum absolute atomic E-state index is 7.30. The Morgan fingerprint density at radius 2 is 2.15 bits per heavy atom. The van der Waals surface area contributed by atoms with Gasteiger partial charge in [0.05, 0.1) is 0 Å². The molecule has 0 aromatic carbocycles. The second kappa shape index (κ2) is 4.16. The molecule has 1 fully saturated rings. The lowest BCUT2D eigenvalue weighted by molar-refractivity contribution is 0.208. The Labute approximate surface area is 79.5 Å². The van der Waals surface area contributed by atoms with E-state index in [1.54, 1.807) is 0 Å². The van der Waals surface area contributed by atoms with Crippen LogP contribution in [0.1, 0.15) is 12.8 Å². The molecule has 0 amide bonds. The highest BCUT2D eigenvalue weighted by molar-refractivity contribution is 5.74. The lowest BCUT2D eigenvalue weighted by Gasteiger charge is -2.36. The first kappa shape index (κ1) is 9.89. The number of piperidine rings is 1. The van der Waals surface area contributed by atoms with E-state index in [1.165, 1.54) is 0 Å². The topological polar surface area (TPSA) is 56.4 Å². The Morgan fingerprint density at radius 3 is 2.54 bits per heavy atom. The third kappa shape index (κ3) is 2.37. The molecule has 74 valence electrons. The van der Waals surface area contributed by atoms with Gasteiger partial charge in [0.2, 0.25) is 0 Å². The van der Waals surface area contributed by atoms with Crippen molar-refractivity contribution >= 4 is 5.96 Å². The summed E-state index contributed by atoms with van der Waals surface area (Å²) in [6.07, 6.45) is 3.99. The Hall–Kier alpha value is -1.19.